The van der Waals surface area contributed by atoms with Gasteiger partial charge < -0.3 is 9.84 Å². The number of morpholine rings is 1. The Kier molecular flexibility index (Phi) is 5.17. The molecule has 1 fully saturated rings. The zero-order valence-corrected chi connectivity index (χ0v) is 11.7. The van der Waals surface area contributed by atoms with Crippen LogP contribution in [0.1, 0.15) is 17.4 Å². The first-order valence-corrected chi connectivity index (χ1v) is 6.69. The van der Waals surface area contributed by atoms with Crippen LogP contribution in [0.4, 0.5) is 26.3 Å². The number of aliphatic hydroxyl groups is 1. The molecule has 4 nitrogen and oxygen atoms in total. The molecule has 2 rings (SSSR count). The predicted molar refractivity (Wildman–Crippen MR) is 66.4 cm³/mol. The number of halogens is 6. The molecule has 0 spiro atoms. The molecule has 0 radical (unpaired) electrons. The molecule has 10 heteroatoms. The molecule has 1 aliphatic rings. The Balaban J connectivity index is 2.01. The molecule has 2 heterocycles. The highest BCUT2D eigenvalue weighted by molar-refractivity contribution is 5.19. The van der Waals surface area contributed by atoms with Crippen molar-refractivity contribution in [1.82, 2.24) is 9.88 Å². The zero-order chi connectivity index (χ0) is 17.3. The summed E-state index contributed by atoms with van der Waals surface area (Å²) >= 11 is 0. The Bertz CT molecular complexity index is 517. The van der Waals surface area contributed by atoms with Crippen LogP contribution in [0.5, 0.6) is 0 Å². The summed E-state index contributed by atoms with van der Waals surface area (Å²) in [4.78, 5) is 4.65. The van der Waals surface area contributed by atoms with Crippen LogP contribution in [0.2, 0.25) is 0 Å². The van der Waals surface area contributed by atoms with Crippen molar-refractivity contribution in [2.24, 2.45) is 0 Å². The molecule has 0 aliphatic carbocycles. The van der Waals surface area contributed by atoms with Gasteiger partial charge in [-0.2, -0.15) is 26.3 Å². The minimum atomic E-state index is -4.72. The number of pyridine rings is 1. The number of nitrogens with zero attached hydrogens (tertiary/aromatic N) is 2. The summed E-state index contributed by atoms with van der Waals surface area (Å²) in [6.45, 7) is -0.286. The van der Waals surface area contributed by atoms with Crippen LogP contribution in [0.25, 0.3) is 0 Å². The Morgan fingerprint density at radius 2 is 1.96 bits per heavy atom. The summed E-state index contributed by atoms with van der Waals surface area (Å²) in [6, 6.07) is 1.98. The summed E-state index contributed by atoms with van der Waals surface area (Å²) in [6.07, 6.45) is -11.5. The molecular formula is C13H14F6N2O2. The highest BCUT2D eigenvalue weighted by atomic mass is 19.4. The van der Waals surface area contributed by atoms with E-state index in [1.54, 1.807) is 0 Å². The van der Waals surface area contributed by atoms with Gasteiger partial charge in [-0.25, -0.2) is 0 Å². The third-order valence-electron chi connectivity index (χ3n) is 3.41. The molecule has 1 aliphatic heterocycles. The van der Waals surface area contributed by atoms with Crippen molar-refractivity contribution < 1.29 is 36.2 Å². The predicted octanol–water partition coefficient (Wildman–Crippen LogP) is 2.40. The third-order valence-corrected chi connectivity index (χ3v) is 3.41. The van der Waals surface area contributed by atoms with Crippen molar-refractivity contribution in [3.8, 4) is 0 Å². The van der Waals surface area contributed by atoms with E-state index in [2.05, 4.69) is 4.98 Å². The highest BCUT2D eigenvalue weighted by Crippen LogP contribution is 2.29. The normalized spacial score (nSPS) is 22.1. The molecule has 0 bridgehead atoms. The molecule has 0 aromatic carbocycles. The monoisotopic (exact) mass is 344 g/mol. The van der Waals surface area contributed by atoms with E-state index in [9.17, 15) is 26.3 Å². The van der Waals surface area contributed by atoms with Gasteiger partial charge in [-0.3, -0.25) is 9.88 Å². The molecule has 1 aromatic rings. The summed E-state index contributed by atoms with van der Waals surface area (Å²) in [7, 11) is 0. The Morgan fingerprint density at radius 1 is 1.26 bits per heavy atom. The maximum atomic E-state index is 12.4. The first-order valence-electron chi connectivity index (χ1n) is 6.69. The van der Waals surface area contributed by atoms with E-state index in [4.69, 9.17) is 9.84 Å². The van der Waals surface area contributed by atoms with E-state index < -0.39 is 36.8 Å². The van der Waals surface area contributed by atoms with Crippen LogP contribution in [0, 0.1) is 0 Å². The summed E-state index contributed by atoms with van der Waals surface area (Å²) in [5.74, 6) is 0. The maximum absolute atomic E-state index is 12.4. The topological polar surface area (TPSA) is 45.6 Å². The molecule has 130 valence electrons. The van der Waals surface area contributed by atoms with Gasteiger partial charge in [0.25, 0.3) is 0 Å². The van der Waals surface area contributed by atoms with E-state index in [1.807, 2.05) is 0 Å². The first-order chi connectivity index (χ1) is 10.6. The van der Waals surface area contributed by atoms with E-state index in [1.165, 1.54) is 11.0 Å². The fraction of sp³-hybridized carbons (Fsp3) is 0.615. The van der Waals surface area contributed by atoms with Crippen LogP contribution < -0.4 is 0 Å². The van der Waals surface area contributed by atoms with Crippen molar-refractivity contribution in [2.75, 3.05) is 26.2 Å². The molecular weight excluding hydrogens is 330 g/mol. The van der Waals surface area contributed by atoms with Gasteiger partial charge in [0.15, 0.2) is 6.10 Å². The number of hydrogen-bond acceptors (Lipinski definition) is 4. The Hall–Kier alpha value is -1.39. The second-order valence-electron chi connectivity index (χ2n) is 5.15. The van der Waals surface area contributed by atoms with Gasteiger partial charge in [0.2, 0.25) is 0 Å². The smallest absolute Gasteiger partial charge is 0.382 e. The SMILES string of the molecule is OC(CN1CCO[C@H](c2ccc(C(F)(F)F)nc2)C1)C(F)(F)F. The van der Waals surface area contributed by atoms with Crippen LogP contribution in [-0.2, 0) is 10.9 Å². The molecule has 1 N–H and O–H groups in total. The number of aliphatic hydroxyl groups excluding tert-OH is 1. The first kappa shape index (κ1) is 18.0. The van der Waals surface area contributed by atoms with Gasteiger partial charge in [0.05, 0.1) is 12.7 Å². The summed E-state index contributed by atoms with van der Waals surface area (Å²) in [5.41, 5.74) is -0.717. The van der Waals surface area contributed by atoms with Gasteiger partial charge in [-0.15, -0.1) is 0 Å². The number of aromatic nitrogens is 1. The van der Waals surface area contributed by atoms with Crippen molar-refractivity contribution in [3.05, 3.63) is 29.6 Å². The standard InChI is InChI=1S/C13H14F6N2O2/c14-12(15,16)10-2-1-8(5-20-10)9-6-21(3-4-23-9)7-11(22)13(17,18)19/h1-2,5,9,11,22H,3-4,6-7H2/t9-,11?/m0/s1. The minimum Gasteiger partial charge on any atom is -0.382 e. The number of rotatable bonds is 3. The van der Waals surface area contributed by atoms with Crippen LogP contribution in [0.3, 0.4) is 0 Å². The van der Waals surface area contributed by atoms with Gasteiger partial charge in [-0.05, 0) is 6.07 Å². The van der Waals surface area contributed by atoms with E-state index >= 15 is 0 Å². The quantitative estimate of drug-likeness (QED) is 0.856. The maximum Gasteiger partial charge on any atom is 0.433 e. The summed E-state index contributed by atoms with van der Waals surface area (Å²) < 4.78 is 79.8. The third kappa shape index (κ3) is 4.79. The lowest BCUT2D eigenvalue weighted by Crippen LogP contribution is -2.46. The minimum absolute atomic E-state index is 0.0280. The van der Waals surface area contributed by atoms with E-state index in [-0.39, 0.29) is 19.7 Å². The number of hydrogen-bond donors (Lipinski definition) is 1. The van der Waals surface area contributed by atoms with Gasteiger partial charge in [0.1, 0.15) is 5.69 Å². The Morgan fingerprint density at radius 3 is 2.48 bits per heavy atom. The number of β-amino-alcohol motifs (C(OH)–C–C–N with tert-alkyl or cyclic N) is 1. The largest absolute Gasteiger partial charge is 0.433 e. The fourth-order valence-electron chi connectivity index (χ4n) is 2.18. The second kappa shape index (κ2) is 6.62. The molecule has 0 amide bonds. The summed E-state index contributed by atoms with van der Waals surface area (Å²) in [5, 5.41) is 9.08. The molecule has 23 heavy (non-hydrogen) atoms. The molecule has 1 aromatic heterocycles. The van der Waals surface area contributed by atoms with Gasteiger partial charge in [-0.1, -0.05) is 6.07 Å². The molecule has 1 unspecified atom stereocenters. The Labute approximate surface area is 127 Å². The van der Waals surface area contributed by atoms with Crippen molar-refractivity contribution in [3.63, 3.8) is 0 Å². The van der Waals surface area contributed by atoms with Crippen molar-refractivity contribution in [2.45, 2.75) is 24.6 Å². The van der Waals surface area contributed by atoms with E-state index in [0.29, 0.717) is 5.56 Å². The van der Waals surface area contributed by atoms with E-state index in [0.717, 1.165) is 12.3 Å². The van der Waals surface area contributed by atoms with Crippen LogP contribution in [0.15, 0.2) is 18.3 Å². The zero-order valence-electron chi connectivity index (χ0n) is 11.7. The van der Waals surface area contributed by atoms with Crippen LogP contribution in [-0.4, -0.2) is 53.5 Å². The lowest BCUT2D eigenvalue weighted by atomic mass is 10.1. The second-order valence-corrected chi connectivity index (χ2v) is 5.15. The fourth-order valence-corrected chi connectivity index (χ4v) is 2.18. The molecule has 1 saturated heterocycles. The molecule has 0 saturated carbocycles. The highest BCUT2D eigenvalue weighted by Gasteiger charge is 2.40. The van der Waals surface area contributed by atoms with Crippen LogP contribution >= 0.6 is 0 Å². The van der Waals surface area contributed by atoms with Gasteiger partial charge >= 0.3 is 12.4 Å². The number of ether oxygens (including phenoxy) is 1. The van der Waals surface area contributed by atoms with Gasteiger partial charge in [0, 0.05) is 31.4 Å². The van der Waals surface area contributed by atoms with Crippen molar-refractivity contribution >= 4 is 0 Å². The average Bonchev–Trinajstić information content (AvgIpc) is 2.46. The lowest BCUT2D eigenvalue weighted by molar-refractivity contribution is -0.211. The molecule has 2 atom stereocenters. The average molecular weight is 344 g/mol. The number of alkyl halides is 6. The van der Waals surface area contributed by atoms with Crippen molar-refractivity contribution in [1.29, 1.82) is 0 Å². The lowest BCUT2D eigenvalue weighted by Gasteiger charge is -2.34.